The second-order valence-corrected chi connectivity index (χ2v) is 6.75. The number of carbonyl (C=O) groups excluding carboxylic acids is 1. The van der Waals surface area contributed by atoms with Crippen LogP contribution in [0.25, 0.3) is 10.9 Å². The van der Waals surface area contributed by atoms with Crippen molar-refractivity contribution in [2.45, 2.75) is 26.1 Å². The van der Waals surface area contributed by atoms with Crippen LogP contribution in [0.3, 0.4) is 0 Å². The summed E-state index contributed by atoms with van der Waals surface area (Å²) in [4.78, 5) is 25.4. The zero-order valence-corrected chi connectivity index (χ0v) is 16.5. The van der Waals surface area contributed by atoms with Gasteiger partial charge in [-0.1, -0.05) is 12.1 Å². The SMILES string of the molecule is CCn1cc(C(=O)NCCc2cccc(OC)c2)c(=O)c2cc(C(F)(F)F)ccc21. The van der Waals surface area contributed by atoms with Crippen LogP contribution in [0.1, 0.15) is 28.4 Å². The fourth-order valence-corrected chi connectivity index (χ4v) is 3.24. The molecule has 0 unspecified atom stereocenters. The largest absolute Gasteiger partial charge is 0.497 e. The van der Waals surface area contributed by atoms with Crippen LogP contribution in [-0.2, 0) is 19.1 Å². The lowest BCUT2D eigenvalue weighted by Crippen LogP contribution is -2.31. The Labute approximate surface area is 171 Å². The van der Waals surface area contributed by atoms with E-state index < -0.39 is 23.1 Å². The third-order valence-electron chi connectivity index (χ3n) is 4.83. The van der Waals surface area contributed by atoms with Gasteiger partial charge in [0.05, 0.1) is 18.2 Å². The number of hydrogen-bond donors (Lipinski definition) is 1. The van der Waals surface area contributed by atoms with Gasteiger partial charge < -0.3 is 14.6 Å². The van der Waals surface area contributed by atoms with Gasteiger partial charge in [-0.15, -0.1) is 0 Å². The highest BCUT2D eigenvalue weighted by Crippen LogP contribution is 2.30. The average Bonchev–Trinajstić information content (AvgIpc) is 2.73. The van der Waals surface area contributed by atoms with E-state index in [0.717, 1.165) is 17.7 Å². The summed E-state index contributed by atoms with van der Waals surface area (Å²) in [7, 11) is 1.56. The lowest BCUT2D eigenvalue weighted by atomic mass is 10.1. The van der Waals surface area contributed by atoms with E-state index in [1.807, 2.05) is 18.2 Å². The standard InChI is InChI=1S/C22H21F3N2O3/c1-3-27-13-18(20(28)17-12-15(22(23,24)25)7-8-19(17)27)21(29)26-10-9-14-5-4-6-16(11-14)30-2/h4-8,11-13H,3,9-10H2,1-2H3,(H,26,29). The van der Waals surface area contributed by atoms with Crippen LogP contribution in [0.2, 0.25) is 0 Å². The normalized spacial score (nSPS) is 11.5. The third-order valence-corrected chi connectivity index (χ3v) is 4.83. The number of carbonyl (C=O) groups is 1. The maximum absolute atomic E-state index is 13.1. The summed E-state index contributed by atoms with van der Waals surface area (Å²) in [5.74, 6) is 0.0732. The third kappa shape index (κ3) is 4.48. The summed E-state index contributed by atoms with van der Waals surface area (Å²) < 4.78 is 46.0. The predicted octanol–water partition coefficient (Wildman–Crippen LogP) is 4.02. The Morgan fingerprint density at radius 3 is 2.60 bits per heavy atom. The molecule has 2 aromatic carbocycles. The number of halogens is 3. The first-order valence-electron chi connectivity index (χ1n) is 9.40. The van der Waals surface area contributed by atoms with E-state index in [2.05, 4.69) is 5.32 Å². The van der Waals surface area contributed by atoms with Crippen LogP contribution in [0.5, 0.6) is 5.75 Å². The van der Waals surface area contributed by atoms with Crippen molar-refractivity contribution < 1.29 is 22.7 Å². The fourth-order valence-electron chi connectivity index (χ4n) is 3.24. The molecular weight excluding hydrogens is 397 g/mol. The van der Waals surface area contributed by atoms with E-state index in [0.29, 0.717) is 24.2 Å². The maximum atomic E-state index is 13.1. The molecule has 1 amide bonds. The van der Waals surface area contributed by atoms with Crippen LogP contribution in [0.4, 0.5) is 13.2 Å². The van der Waals surface area contributed by atoms with Crippen LogP contribution in [-0.4, -0.2) is 24.1 Å². The van der Waals surface area contributed by atoms with Crippen LogP contribution < -0.4 is 15.5 Å². The van der Waals surface area contributed by atoms with Crippen LogP contribution >= 0.6 is 0 Å². The summed E-state index contributed by atoms with van der Waals surface area (Å²) >= 11 is 0. The lowest BCUT2D eigenvalue weighted by molar-refractivity contribution is -0.137. The molecule has 3 aromatic rings. The number of rotatable bonds is 6. The summed E-state index contributed by atoms with van der Waals surface area (Å²) in [6.45, 7) is 2.44. The highest BCUT2D eigenvalue weighted by molar-refractivity contribution is 5.97. The molecule has 0 saturated heterocycles. The van der Waals surface area contributed by atoms with Gasteiger partial charge in [0.1, 0.15) is 11.3 Å². The molecule has 158 valence electrons. The zero-order chi connectivity index (χ0) is 21.9. The Hall–Kier alpha value is -3.29. The van der Waals surface area contributed by atoms with E-state index >= 15 is 0 Å². The van der Waals surface area contributed by atoms with Crippen LogP contribution in [0.15, 0.2) is 53.5 Å². The molecule has 0 aliphatic rings. The van der Waals surface area contributed by atoms with Gasteiger partial charge in [-0.05, 0) is 49.2 Å². The maximum Gasteiger partial charge on any atom is 0.416 e. The first-order valence-corrected chi connectivity index (χ1v) is 9.40. The molecule has 1 heterocycles. The topological polar surface area (TPSA) is 60.3 Å². The molecule has 0 saturated carbocycles. The quantitative estimate of drug-likeness (QED) is 0.658. The van der Waals surface area contributed by atoms with Crippen molar-refractivity contribution in [1.82, 2.24) is 9.88 Å². The number of aromatic nitrogens is 1. The number of fused-ring (bicyclic) bond motifs is 1. The molecule has 5 nitrogen and oxygen atoms in total. The molecule has 0 aliphatic heterocycles. The van der Waals surface area contributed by atoms with Gasteiger partial charge in [-0.2, -0.15) is 13.2 Å². The van der Waals surface area contributed by atoms with Crippen molar-refractivity contribution >= 4 is 16.8 Å². The number of benzene rings is 2. The Morgan fingerprint density at radius 2 is 1.93 bits per heavy atom. The average molecular weight is 418 g/mol. The minimum absolute atomic E-state index is 0.132. The molecule has 0 spiro atoms. The molecule has 3 rings (SSSR count). The highest BCUT2D eigenvalue weighted by Gasteiger charge is 2.31. The molecule has 1 N–H and O–H groups in total. The molecule has 8 heteroatoms. The van der Waals surface area contributed by atoms with E-state index in [4.69, 9.17) is 4.74 Å². The summed E-state index contributed by atoms with van der Waals surface area (Å²) in [5, 5.41) is 2.54. The second-order valence-electron chi connectivity index (χ2n) is 6.75. The van der Waals surface area contributed by atoms with Gasteiger partial charge >= 0.3 is 6.18 Å². The minimum Gasteiger partial charge on any atom is -0.497 e. The van der Waals surface area contributed by atoms with Gasteiger partial charge in [-0.3, -0.25) is 9.59 Å². The molecular formula is C22H21F3N2O3. The molecule has 0 radical (unpaired) electrons. The zero-order valence-electron chi connectivity index (χ0n) is 16.5. The Bertz CT molecular complexity index is 1140. The number of amides is 1. The fraction of sp³-hybridized carbons (Fsp3) is 0.273. The van der Waals surface area contributed by atoms with Gasteiger partial charge in [0.25, 0.3) is 5.91 Å². The number of alkyl halides is 3. The summed E-state index contributed by atoms with van der Waals surface area (Å²) in [5.41, 5.74) is -0.545. The molecule has 0 bridgehead atoms. The van der Waals surface area contributed by atoms with Crippen molar-refractivity contribution in [1.29, 1.82) is 0 Å². The minimum atomic E-state index is -4.58. The van der Waals surface area contributed by atoms with Gasteiger partial charge in [0, 0.05) is 24.7 Å². The highest BCUT2D eigenvalue weighted by atomic mass is 19.4. The molecule has 0 atom stereocenters. The molecule has 0 aliphatic carbocycles. The second kappa shape index (κ2) is 8.61. The number of ether oxygens (including phenoxy) is 1. The van der Waals surface area contributed by atoms with Crippen molar-refractivity contribution in [3.63, 3.8) is 0 Å². The Morgan fingerprint density at radius 1 is 1.17 bits per heavy atom. The first-order chi connectivity index (χ1) is 14.2. The summed E-state index contributed by atoms with van der Waals surface area (Å²) in [6, 6.07) is 10.3. The number of methoxy groups -OCH3 is 1. The molecule has 0 fully saturated rings. The van der Waals surface area contributed by atoms with Crippen molar-refractivity contribution in [2.75, 3.05) is 13.7 Å². The molecule has 1 aromatic heterocycles. The summed E-state index contributed by atoms with van der Waals surface area (Å²) in [6.07, 6.45) is -2.68. The Balaban J connectivity index is 1.87. The van der Waals surface area contributed by atoms with Crippen molar-refractivity contribution in [2.24, 2.45) is 0 Å². The van der Waals surface area contributed by atoms with E-state index in [1.165, 1.54) is 12.3 Å². The first kappa shape index (κ1) is 21.4. The van der Waals surface area contributed by atoms with E-state index in [-0.39, 0.29) is 17.5 Å². The number of pyridine rings is 1. The van der Waals surface area contributed by atoms with Gasteiger partial charge in [-0.25, -0.2) is 0 Å². The number of nitrogens with zero attached hydrogens (tertiary/aromatic N) is 1. The van der Waals surface area contributed by atoms with E-state index in [1.54, 1.807) is 24.7 Å². The van der Waals surface area contributed by atoms with E-state index in [9.17, 15) is 22.8 Å². The predicted molar refractivity (Wildman–Crippen MR) is 108 cm³/mol. The smallest absolute Gasteiger partial charge is 0.416 e. The van der Waals surface area contributed by atoms with Gasteiger partial charge in [0.2, 0.25) is 5.43 Å². The lowest BCUT2D eigenvalue weighted by Gasteiger charge is -2.14. The molecule has 30 heavy (non-hydrogen) atoms. The number of hydrogen-bond acceptors (Lipinski definition) is 3. The monoisotopic (exact) mass is 418 g/mol. The van der Waals surface area contributed by atoms with Crippen LogP contribution in [0, 0.1) is 0 Å². The number of nitrogens with one attached hydrogen (secondary N) is 1. The number of aryl methyl sites for hydroxylation is 1. The van der Waals surface area contributed by atoms with Crippen molar-refractivity contribution in [3.8, 4) is 5.75 Å². The van der Waals surface area contributed by atoms with Gasteiger partial charge in [0.15, 0.2) is 0 Å². The Kier molecular flexibility index (Phi) is 6.14. The van der Waals surface area contributed by atoms with Crippen molar-refractivity contribution in [3.05, 3.63) is 75.6 Å².